The number of nitrogens with zero attached hydrogens (tertiary/aromatic N) is 2. The highest BCUT2D eigenvalue weighted by molar-refractivity contribution is 7.89. The van der Waals surface area contributed by atoms with E-state index in [0.29, 0.717) is 13.1 Å². The maximum Gasteiger partial charge on any atom is 0.216 e. The Morgan fingerprint density at radius 3 is 2.59 bits per heavy atom. The Kier molecular flexibility index (Phi) is 3.56. The van der Waals surface area contributed by atoms with Gasteiger partial charge in [-0.05, 0) is 27.2 Å². The van der Waals surface area contributed by atoms with Crippen molar-refractivity contribution in [1.82, 2.24) is 9.29 Å². The van der Waals surface area contributed by atoms with Crippen LogP contribution in [0.5, 0.6) is 0 Å². The summed E-state index contributed by atoms with van der Waals surface area (Å²) in [6.07, 6.45) is 1.54. The zero-order chi connectivity index (χ0) is 12.6. The van der Waals surface area contributed by atoms with Gasteiger partial charge in [0, 0.05) is 24.4 Å². The van der Waals surface area contributed by atoms with E-state index in [1.165, 1.54) is 4.88 Å². The van der Waals surface area contributed by atoms with Crippen molar-refractivity contribution < 1.29 is 8.42 Å². The first-order valence-corrected chi connectivity index (χ1v) is 8.17. The highest BCUT2D eigenvalue weighted by Crippen LogP contribution is 2.24. The van der Waals surface area contributed by atoms with E-state index < -0.39 is 10.0 Å². The molecule has 96 valence electrons. The topological polar surface area (TPSA) is 50.3 Å². The molecule has 1 aromatic rings. The van der Waals surface area contributed by atoms with Crippen LogP contribution in [0.1, 0.15) is 29.4 Å². The van der Waals surface area contributed by atoms with Gasteiger partial charge in [-0.25, -0.2) is 17.7 Å². The maximum absolute atomic E-state index is 12.1. The number of hydrogen-bond donors (Lipinski definition) is 0. The lowest BCUT2D eigenvalue weighted by Gasteiger charge is -2.22. The quantitative estimate of drug-likeness (QED) is 0.823. The molecule has 0 fully saturated rings. The van der Waals surface area contributed by atoms with Crippen molar-refractivity contribution in [3.05, 3.63) is 15.6 Å². The Hall–Kier alpha value is -0.460. The molecular formula is C11H18N2O2S2. The Labute approximate surface area is 107 Å². The summed E-state index contributed by atoms with van der Waals surface area (Å²) >= 11 is 1.69. The van der Waals surface area contributed by atoms with Crippen LogP contribution in [-0.4, -0.2) is 36.0 Å². The summed E-state index contributed by atoms with van der Waals surface area (Å²) in [5.74, 6) is 0. The molecule has 0 saturated heterocycles. The van der Waals surface area contributed by atoms with Crippen molar-refractivity contribution >= 4 is 21.4 Å². The van der Waals surface area contributed by atoms with E-state index in [0.717, 1.165) is 23.5 Å². The number of fused-ring (bicyclic) bond motifs is 1. The standard InChI is InChI=1S/C11H18N2O2S2/c1-8(2)17(14,15)13-6-4-10-11(5-7-13)16-9(3)12-10/h8H,4-7H2,1-3H3. The number of hydrogen-bond acceptors (Lipinski definition) is 4. The van der Waals surface area contributed by atoms with Crippen molar-refractivity contribution in [2.45, 2.75) is 38.9 Å². The normalized spacial score (nSPS) is 18.1. The fourth-order valence-electron chi connectivity index (χ4n) is 2.02. The molecule has 2 rings (SSSR count). The van der Waals surface area contributed by atoms with Gasteiger partial charge in [0.2, 0.25) is 10.0 Å². The van der Waals surface area contributed by atoms with Gasteiger partial charge in [-0.15, -0.1) is 11.3 Å². The Bertz CT molecular complexity index is 480. The number of sulfonamides is 1. The summed E-state index contributed by atoms with van der Waals surface area (Å²) in [5, 5.41) is 0.739. The maximum atomic E-state index is 12.1. The highest BCUT2D eigenvalue weighted by atomic mass is 32.2. The zero-order valence-corrected chi connectivity index (χ0v) is 12.1. The first-order valence-electron chi connectivity index (χ1n) is 5.85. The molecule has 0 atom stereocenters. The fraction of sp³-hybridized carbons (Fsp3) is 0.727. The molecule has 0 N–H and O–H groups in total. The number of aryl methyl sites for hydroxylation is 1. The van der Waals surface area contributed by atoms with Crippen LogP contribution < -0.4 is 0 Å². The van der Waals surface area contributed by atoms with E-state index in [9.17, 15) is 8.42 Å². The third-order valence-electron chi connectivity index (χ3n) is 3.03. The first kappa shape index (κ1) is 13.0. The van der Waals surface area contributed by atoms with Crippen LogP contribution in [0, 0.1) is 6.92 Å². The molecule has 17 heavy (non-hydrogen) atoms. The Morgan fingerprint density at radius 2 is 1.94 bits per heavy atom. The minimum atomic E-state index is -3.12. The van der Waals surface area contributed by atoms with E-state index in [2.05, 4.69) is 4.98 Å². The second-order valence-corrected chi connectivity index (χ2v) is 8.37. The van der Waals surface area contributed by atoms with Crippen molar-refractivity contribution in [2.75, 3.05) is 13.1 Å². The first-order chi connectivity index (χ1) is 7.91. The second kappa shape index (κ2) is 4.66. The van der Waals surface area contributed by atoms with Gasteiger partial charge in [0.05, 0.1) is 16.0 Å². The van der Waals surface area contributed by atoms with Crippen molar-refractivity contribution in [1.29, 1.82) is 0 Å². The summed E-state index contributed by atoms with van der Waals surface area (Å²) in [6.45, 7) is 6.63. The molecular weight excluding hydrogens is 256 g/mol. The average molecular weight is 274 g/mol. The van der Waals surface area contributed by atoms with Crippen LogP contribution in [0.2, 0.25) is 0 Å². The molecule has 0 bridgehead atoms. The molecule has 0 amide bonds. The molecule has 6 heteroatoms. The van der Waals surface area contributed by atoms with Crippen molar-refractivity contribution in [3.8, 4) is 0 Å². The molecule has 0 aromatic carbocycles. The summed E-state index contributed by atoms with van der Waals surface area (Å²) < 4.78 is 25.8. The Balaban J connectivity index is 2.18. The van der Waals surface area contributed by atoms with Gasteiger partial charge >= 0.3 is 0 Å². The predicted octanol–water partition coefficient (Wildman–Crippen LogP) is 1.59. The Morgan fingerprint density at radius 1 is 1.29 bits per heavy atom. The molecule has 0 unspecified atom stereocenters. The summed E-state index contributed by atoms with van der Waals surface area (Å²) in [6, 6.07) is 0. The van der Waals surface area contributed by atoms with Crippen molar-refractivity contribution in [2.24, 2.45) is 0 Å². The van der Waals surface area contributed by atoms with Crippen LogP contribution in [-0.2, 0) is 22.9 Å². The SMILES string of the molecule is Cc1nc2c(s1)CCN(S(=O)(=O)C(C)C)CC2. The van der Waals surface area contributed by atoms with E-state index in [4.69, 9.17) is 0 Å². The van der Waals surface area contributed by atoms with Crippen LogP contribution in [0.15, 0.2) is 0 Å². The highest BCUT2D eigenvalue weighted by Gasteiger charge is 2.28. The van der Waals surface area contributed by atoms with Gasteiger partial charge in [-0.2, -0.15) is 0 Å². The van der Waals surface area contributed by atoms with Gasteiger partial charge in [0.15, 0.2) is 0 Å². The number of rotatable bonds is 2. The monoisotopic (exact) mass is 274 g/mol. The summed E-state index contributed by atoms with van der Waals surface area (Å²) in [7, 11) is -3.12. The van der Waals surface area contributed by atoms with Gasteiger partial charge in [0.25, 0.3) is 0 Å². The van der Waals surface area contributed by atoms with E-state index in [1.807, 2.05) is 6.92 Å². The molecule has 0 radical (unpaired) electrons. The van der Waals surface area contributed by atoms with Crippen LogP contribution in [0.3, 0.4) is 0 Å². The molecule has 1 aliphatic rings. The molecule has 4 nitrogen and oxygen atoms in total. The fourth-order valence-corrected chi connectivity index (χ4v) is 4.28. The predicted molar refractivity (Wildman–Crippen MR) is 69.9 cm³/mol. The average Bonchev–Trinajstić information content (AvgIpc) is 2.47. The minimum Gasteiger partial charge on any atom is -0.246 e. The lowest BCUT2D eigenvalue weighted by atomic mass is 10.2. The van der Waals surface area contributed by atoms with Crippen LogP contribution >= 0.6 is 11.3 Å². The summed E-state index contributed by atoms with van der Waals surface area (Å²) in [4.78, 5) is 5.72. The molecule has 1 aliphatic heterocycles. The molecule has 0 saturated carbocycles. The smallest absolute Gasteiger partial charge is 0.216 e. The van der Waals surface area contributed by atoms with Gasteiger partial charge in [-0.1, -0.05) is 0 Å². The van der Waals surface area contributed by atoms with Gasteiger partial charge in [-0.3, -0.25) is 0 Å². The zero-order valence-electron chi connectivity index (χ0n) is 10.4. The molecule has 1 aromatic heterocycles. The lowest BCUT2D eigenvalue weighted by Crippen LogP contribution is -2.38. The largest absolute Gasteiger partial charge is 0.246 e. The van der Waals surface area contributed by atoms with Gasteiger partial charge in [0.1, 0.15) is 0 Å². The van der Waals surface area contributed by atoms with Crippen LogP contribution in [0.25, 0.3) is 0 Å². The van der Waals surface area contributed by atoms with E-state index in [-0.39, 0.29) is 5.25 Å². The van der Waals surface area contributed by atoms with E-state index >= 15 is 0 Å². The summed E-state index contributed by atoms with van der Waals surface area (Å²) in [5.41, 5.74) is 1.09. The molecule has 0 spiro atoms. The second-order valence-electron chi connectivity index (χ2n) is 4.60. The molecule has 0 aliphatic carbocycles. The van der Waals surface area contributed by atoms with Crippen LogP contribution in [0.4, 0.5) is 0 Å². The third-order valence-corrected chi connectivity index (χ3v) is 6.38. The lowest BCUT2D eigenvalue weighted by molar-refractivity contribution is 0.421. The van der Waals surface area contributed by atoms with Gasteiger partial charge < -0.3 is 0 Å². The van der Waals surface area contributed by atoms with E-state index in [1.54, 1.807) is 29.5 Å². The minimum absolute atomic E-state index is 0.340. The third kappa shape index (κ3) is 2.53. The number of thiazole rings is 1. The van der Waals surface area contributed by atoms with Crippen molar-refractivity contribution in [3.63, 3.8) is 0 Å². The number of aromatic nitrogens is 1. The molecule has 2 heterocycles.